The monoisotopic (exact) mass is 118 g/mol. The molecular formula is C5H10O3. The van der Waals surface area contributed by atoms with E-state index in [0.717, 1.165) is 6.42 Å². The lowest BCUT2D eigenvalue weighted by Crippen LogP contribution is -2.13. The van der Waals surface area contributed by atoms with Gasteiger partial charge in [-0.05, 0) is 6.42 Å². The molecule has 0 aromatic carbocycles. The Bertz CT molecular complexity index is 74.1. The van der Waals surface area contributed by atoms with Crippen LogP contribution in [0.4, 0.5) is 0 Å². The van der Waals surface area contributed by atoms with Gasteiger partial charge in [-0.3, -0.25) is 0 Å². The molecule has 0 unspecified atom stereocenters. The standard InChI is InChI=1S/C5H10O3/c6-3-4-1-2-5(7)8-4/h4-7H,1-3H2/t4-,5+/m0/s1. The molecule has 1 aliphatic heterocycles. The highest BCUT2D eigenvalue weighted by molar-refractivity contribution is 4.64. The van der Waals surface area contributed by atoms with E-state index >= 15 is 0 Å². The number of ether oxygens (including phenoxy) is 1. The van der Waals surface area contributed by atoms with Crippen molar-refractivity contribution in [3.63, 3.8) is 0 Å². The lowest BCUT2D eigenvalue weighted by molar-refractivity contribution is -0.101. The minimum atomic E-state index is -0.632. The van der Waals surface area contributed by atoms with Gasteiger partial charge in [-0.1, -0.05) is 0 Å². The van der Waals surface area contributed by atoms with Gasteiger partial charge in [-0.15, -0.1) is 0 Å². The van der Waals surface area contributed by atoms with Crippen molar-refractivity contribution in [1.29, 1.82) is 0 Å². The first-order chi connectivity index (χ1) is 3.83. The van der Waals surface area contributed by atoms with Crippen molar-refractivity contribution in [1.82, 2.24) is 0 Å². The number of hydrogen-bond donors (Lipinski definition) is 2. The van der Waals surface area contributed by atoms with Gasteiger partial charge in [0.15, 0.2) is 6.29 Å². The summed E-state index contributed by atoms with van der Waals surface area (Å²) in [4.78, 5) is 0. The highest BCUT2D eigenvalue weighted by Gasteiger charge is 2.21. The first-order valence-corrected chi connectivity index (χ1v) is 2.77. The predicted octanol–water partition coefficient (Wildman–Crippen LogP) is -0.524. The van der Waals surface area contributed by atoms with Gasteiger partial charge < -0.3 is 14.9 Å². The molecule has 0 amide bonds. The third-order valence-electron chi connectivity index (χ3n) is 1.29. The second-order valence-corrected chi connectivity index (χ2v) is 1.97. The van der Waals surface area contributed by atoms with Gasteiger partial charge in [0, 0.05) is 6.42 Å². The van der Waals surface area contributed by atoms with E-state index in [1.807, 2.05) is 0 Å². The Morgan fingerprint density at radius 2 is 2.25 bits per heavy atom. The van der Waals surface area contributed by atoms with Crippen molar-refractivity contribution in [3.8, 4) is 0 Å². The molecule has 3 nitrogen and oxygen atoms in total. The third-order valence-corrected chi connectivity index (χ3v) is 1.29. The fraction of sp³-hybridized carbons (Fsp3) is 1.00. The van der Waals surface area contributed by atoms with Crippen LogP contribution in [0.2, 0.25) is 0 Å². The third kappa shape index (κ3) is 1.18. The molecule has 0 aromatic rings. The van der Waals surface area contributed by atoms with Crippen LogP contribution in [0.25, 0.3) is 0 Å². The van der Waals surface area contributed by atoms with Gasteiger partial charge in [0.2, 0.25) is 0 Å². The summed E-state index contributed by atoms with van der Waals surface area (Å²) in [5.74, 6) is 0. The molecule has 0 radical (unpaired) electrons. The zero-order valence-corrected chi connectivity index (χ0v) is 4.58. The minimum Gasteiger partial charge on any atom is -0.394 e. The van der Waals surface area contributed by atoms with Crippen molar-refractivity contribution in [2.45, 2.75) is 25.2 Å². The summed E-state index contributed by atoms with van der Waals surface area (Å²) >= 11 is 0. The second-order valence-electron chi connectivity index (χ2n) is 1.97. The SMILES string of the molecule is OC[C@@H]1CC[C@H](O)O1. The average Bonchev–Trinajstić information content (AvgIpc) is 2.14. The molecule has 1 fully saturated rings. The van der Waals surface area contributed by atoms with Gasteiger partial charge in [-0.2, -0.15) is 0 Å². The quantitative estimate of drug-likeness (QED) is 0.487. The van der Waals surface area contributed by atoms with E-state index in [1.54, 1.807) is 0 Å². The van der Waals surface area contributed by atoms with Gasteiger partial charge >= 0.3 is 0 Å². The highest BCUT2D eigenvalue weighted by Crippen LogP contribution is 2.16. The van der Waals surface area contributed by atoms with E-state index in [2.05, 4.69) is 0 Å². The molecule has 2 atom stereocenters. The normalized spacial score (nSPS) is 38.2. The fourth-order valence-corrected chi connectivity index (χ4v) is 0.821. The van der Waals surface area contributed by atoms with Crippen molar-refractivity contribution in [2.24, 2.45) is 0 Å². The maximum absolute atomic E-state index is 8.70. The maximum atomic E-state index is 8.70. The van der Waals surface area contributed by atoms with Crippen LogP contribution in [0.5, 0.6) is 0 Å². The van der Waals surface area contributed by atoms with Gasteiger partial charge in [0.1, 0.15) is 0 Å². The van der Waals surface area contributed by atoms with Crippen molar-refractivity contribution >= 4 is 0 Å². The molecule has 1 rings (SSSR count). The predicted molar refractivity (Wildman–Crippen MR) is 27.2 cm³/mol. The largest absolute Gasteiger partial charge is 0.394 e. The smallest absolute Gasteiger partial charge is 0.155 e. The topological polar surface area (TPSA) is 49.7 Å². The van der Waals surface area contributed by atoms with Crippen LogP contribution < -0.4 is 0 Å². The van der Waals surface area contributed by atoms with Crippen LogP contribution in [0, 0.1) is 0 Å². The van der Waals surface area contributed by atoms with Gasteiger partial charge in [-0.25, -0.2) is 0 Å². The molecule has 0 spiro atoms. The minimum absolute atomic E-state index is 0.0249. The van der Waals surface area contributed by atoms with Crippen molar-refractivity contribution in [2.75, 3.05) is 6.61 Å². The molecule has 0 aromatic heterocycles. The summed E-state index contributed by atoms with van der Waals surface area (Å²) in [6.45, 7) is 0.0249. The Morgan fingerprint density at radius 1 is 1.50 bits per heavy atom. The molecule has 1 saturated heterocycles. The lowest BCUT2D eigenvalue weighted by Gasteiger charge is -2.04. The summed E-state index contributed by atoms with van der Waals surface area (Å²) in [5.41, 5.74) is 0. The molecule has 3 heteroatoms. The van der Waals surface area contributed by atoms with E-state index in [9.17, 15) is 0 Å². The van der Waals surface area contributed by atoms with Crippen LogP contribution in [0.1, 0.15) is 12.8 Å². The Hall–Kier alpha value is -0.120. The molecular weight excluding hydrogens is 108 g/mol. The number of aliphatic hydroxyl groups is 2. The molecule has 1 aliphatic rings. The van der Waals surface area contributed by atoms with E-state index in [1.165, 1.54) is 0 Å². The Morgan fingerprint density at radius 3 is 2.50 bits per heavy atom. The van der Waals surface area contributed by atoms with Crippen LogP contribution in [0.3, 0.4) is 0 Å². The van der Waals surface area contributed by atoms with Crippen molar-refractivity contribution in [3.05, 3.63) is 0 Å². The maximum Gasteiger partial charge on any atom is 0.155 e. The van der Waals surface area contributed by atoms with E-state index in [4.69, 9.17) is 14.9 Å². The van der Waals surface area contributed by atoms with Gasteiger partial charge in [0.05, 0.1) is 12.7 Å². The highest BCUT2D eigenvalue weighted by atomic mass is 16.6. The molecule has 0 bridgehead atoms. The van der Waals surface area contributed by atoms with E-state index < -0.39 is 6.29 Å². The zero-order chi connectivity index (χ0) is 5.98. The number of rotatable bonds is 1. The fourth-order valence-electron chi connectivity index (χ4n) is 0.821. The molecule has 1 heterocycles. The second kappa shape index (κ2) is 2.44. The number of aliphatic hydroxyl groups excluding tert-OH is 2. The summed E-state index contributed by atoms with van der Waals surface area (Å²) in [7, 11) is 0. The number of hydrogen-bond acceptors (Lipinski definition) is 3. The van der Waals surface area contributed by atoms with Crippen LogP contribution >= 0.6 is 0 Å². The lowest BCUT2D eigenvalue weighted by atomic mass is 10.2. The Balaban J connectivity index is 2.22. The molecule has 8 heavy (non-hydrogen) atoms. The van der Waals surface area contributed by atoms with Crippen molar-refractivity contribution < 1.29 is 14.9 Å². The van der Waals surface area contributed by atoms with E-state index in [-0.39, 0.29) is 12.7 Å². The summed E-state index contributed by atoms with van der Waals surface area (Å²) in [5, 5.41) is 17.1. The summed E-state index contributed by atoms with van der Waals surface area (Å²) in [6.07, 6.45) is 0.681. The summed E-state index contributed by atoms with van der Waals surface area (Å²) < 4.78 is 4.82. The first-order valence-electron chi connectivity index (χ1n) is 2.77. The van der Waals surface area contributed by atoms with E-state index in [0.29, 0.717) is 6.42 Å². The van der Waals surface area contributed by atoms with Crippen LogP contribution in [-0.4, -0.2) is 29.2 Å². The summed E-state index contributed by atoms with van der Waals surface area (Å²) in [6, 6.07) is 0. The Kier molecular flexibility index (Phi) is 1.83. The Labute approximate surface area is 47.9 Å². The molecule has 48 valence electrons. The zero-order valence-electron chi connectivity index (χ0n) is 4.58. The van der Waals surface area contributed by atoms with Gasteiger partial charge in [0.25, 0.3) is 0 Å². The molecule has 0 saturated carbocycles. The molecule has 0 aliphatic carbocycles. The average molecular weight is 118 g/mol. The van der Waals surface area contributed by atoms with Crippen LogP contribution in [-0.2, 0) is 4.74 Å². The molecule has 2 N–H and O–H groups in total. The first kappa shape index (κ1) is 6.01. The van der Waals surface area contributed by atoms with Crippen LogP contribution in [0.15, 0.2) is 0 Å².